The lowest BCUT2D eigenvalue weighted by Gasteiger charge is -1.92. The molecule has 0 aliphatic rings. The van der Waals surface area contributed by atoms with Crippen molar-refractivity contribution in [2.24, 2.45) is 0 Å². The van der Waals surface area contributed by atoms with Gasteiger partial charge in [0.05, 0.1) is 9.75 Å². The van der Waals surface area contributed by atoms with Crippen LogP contribution in [0.4, 0.5) is 0 Å². The van der Waals surface area contributed by atoms with E-state index in [1.165, 1.54) is 20.7 Å². The zero-order valence-electron chi connectivity index (χ0n) is 3.79. The van der Waals surface area contributed by atoms with Crippen LogP contribution in [0.15, 0.2) is 0 Å². The Morgan fingerprint density at radius 3 is 1.50 bits per heavy atom. The van der Waals surface area contributed by atoms with Gasteiger partial charge in [-0.25, -0.2) is 0 Å². The molecule has 0 aliphatic heterocycles. The van der Waals surface area contributed by atoms with Crippen LogP contribution >= 0.6 is 20.7 Å². The molecule has 8 heavy (non-hydrogen) atoms. The molecule has 1 aromatic heterocycles. The molecule has 0 aliphatic carbocycles. The summed E-state index contributed by atoms with van der Waals surface area (Å²) in [5.41, 5.74) is 0. The van der Waals surface area contributed by atoms with Crippen molar-refractivity contribution in [1.82, 2.24) is 0 Å². The molecule has 0 fully saturated rings. The third kappa shape index (κ3) is 0.719. The number of carbonyl (C=O) groups is 2. The van der Waals surface area contributed by atoms with Gasteiger partial charge in [0, 0.05) is 0 Å². The number of aldehydes is 2. The van der Waals surface area contributed by atoms with E-state index in [-0.39, 0.29) is 0 Å². The summed E-state index contributed by atoms with van der Waals surface area (Å²) in [6.45, 7) is 0. The summed E-state index contributed by atoms with van der Waals surface area (Å²) in [7, 11) is 2.67. The smallest absolute Gasteiger partial charge is 0.162 e. The Morgan fingerprint density at radius 2 is 1.38 bits per heavy atom. The van der Waals surface area contributed by atoms with Gasteiger partial charge < -0.3 is 0 Å². The van der Waals surface area contributed by atoms with Crippen LogP contribution in [0.5, 0.6) is 0 Å². The van der Waals surface area contributed by atoms with Crippen molar-refractivity contribution in [3.63, 3.8) is 0 Å². The van der Waals surface area contributed by atoms with Gasteiger partial charge in [-0.1, -0.05) is 20.7 Å². The molecule has 4 heteroatoms. The minimum absolute atomic E-state index is 0.560. The molecule has 42 valence electrons. The molecule has 0 saturated heterocycles. The van der Waals surface area contributed by atoms with E-state index in [1.807, 2.05) is 0 Å². The van der Waals surface area contributed by atoms with Crippen LogP contribution in [0.2, 0.25) is 0 Å². The summed E-state index contributed by atoms with van der Waals surface area (Å²) in [5.74, 6) is 0. The molecule has 0 saturated carbocycles. The predicted molar refractivity (Wildman–Crippen MR) is 33.0 cm³/mol. The highest BCUT2D eigenvalue weighted by molar-refractivity contribution is 7.73. The summed E-state index contributed by atoms with van der Waals surface area (Å²) < 4.78 is 0. The maximum Gasteiger partial charge on any atom is 0.162 e. The number of hydrogen-bond donors (Lipinski definition) is 0. The summed E-state index contributed by atoms with van der Waals surface area (Å²) in [4.78, 5) is 20.9. The lowest BCUT2D eigenvalue weighted by Crippen LogP contribution is -1.84. The van der Waals surface area contributed by atoms with E-state index in [9.17, 15) is 9.59 Å². The van der Waals surface area contributed by atoms with E-state index in [0.29, 0.717) is 22.3 Å². The fourth-order valence-electron chi connectivity index (χ4n) is 0.293. The summed E-state index contributed by atoms with van der Waals surface area (Å²) in [6, 6.07) is 0. The monoisotopic (exact) mass is 146 g/mol. The fourth-order valence-corrected chi connectivity index (χ4v) is 1.81. The van der Waals surface area contributed by atoms with Crippen LogP contribution in [0, 0.1) is 0 Å². The quantitative estimate of drug-likeness (QED) is 0.467. The van der Waals surface area contributed by atoms with E-state index in [2.05, 4.69) is 0 Å². The van der Waals surface area contributed by atoms with Crippen molar-refractivity contribution in [3.8, 4) is 0 Å². The molecule has 0 unspecified atom stereocenters. The van der Waals surface area contributed by atoms with Crippen LogP contribution in [-0.2, 0) is 0 Å². The Bertz CT molecular complexity index is 176. The third-order valence-electron chi connectivity index (χ3n) is 0.678. The fraction of sp³-hybridized carbons (Fsp3) is 0. The Morgan fingerprint density at radius 1 is 1.00 bits per heavy atom. The molecule has 0 spiro atoms. The van der Waals surface area contributed by atoms with E-state index in [4.69, 9.17) is 0 Å². The van der Waals surface area contributed by atoms with E-state index < -0.39 is 0 Å². The van der Waals surface area contributed by atoms with E-state index in [1.54, 1.807) is 0 Å². The second-order valence-electron chi connectivity index (χ2n) is 1.13. The number of rotatable bonds is 2. The molecule has 0 bridgehead atoms. The maximum atomic E-state index is 9.91. The van der Waals surface area contributed by atoms with Gasteiger partial charge in [-0.2, -0.15) is 0 Å². The van der Waals surface area contributed by atoms with E-state index in [0.717, 1.165) is 0 Å². The maximum absolute atomic E-state index is 9.91. The SMILES string of the molecule is O=Cc1ssc1C=O. The van der Waals surface area contributed by atoms with Crippen LogP contribution in [-0.4, -0.2) is 12.6 Å². The second-order valence-corrected chi connectivity index (χ2v) is 3.34. The normalized spacial score (nSPS) is 9.00. The molecule has 1 rings (SSSR count). The van der Waals surface area contributed by atoms with Crippen LogP contribution in [0.3, 0.4) is 0 Å². The average molecular weight is 146 g/mol. The highest BCUT2D eigenvalue weighted by Crippen LogP contribution is 2.24. The standard InChI is InChI=1S/C4H2O2S2/c5-1-3-4(2-6)8-7-3/h1-2H. The molecule has 1 aromatic rings. The average Bonchev–Trinajstić information content (AvgIpc) is 1.66. The first-order chi connectivity index (χ1) is 3.88. The van der Waals surface area contributed by atoms with Gasteiger partial charge in [-0.3, -0.25) is 9.59 Å². The Balaban J connectivity index is 2.86. The Labute approximate surface area is 53.1 Å². The summed E-state index contributed by atoms with van der Waals surface area (Å²) in [5, 5.41) is 0. The molecular formula is C4H2O2S2. The van der Waals surface area contributed by atoms with Crippen molar-refractivity contribution < 1.29 is 9.59 Å². The van der Waals surface area contributed by atoms with Gasteiger partial charge in [0.25, 0.3) is 0 Å². The zero-order valence-corrected chi connectivity index (χ0v) is 5.42. The third-order valence-corrected chi connectivity index (χ3v) is 3.21. The lowest BCUT2D eigenvalue weighted by molar-refractivity contribution is 0.110. The summed E-state index contributed by atoms with van der Waals surface area (Å²) in [6.07, 6.45) is 1.40. The molecule has 2 nitrogen and oxygen atoms in total. The first-order valence-corrected chi connectivity index (χ1v) is 4.02. The molecule has 0 aromatic carbocycles. The zero-order chi connectivity index (χ0) is 5.98. The van der Waals surface area contributed by atoms with Crippen molar-refractivity contribution in [3.05, 3.63) is 9.75 Å². The van der Waals surface area contributed by atoms with Crippen molar-refractivity contribution in [1.29, 1.82) is 0 Å². The van der Waals surface area contributed by atoms with Crippen LogP contribution in [0.1, 0.15) is 19.3 Å². The van der Waals surface area contributed by atoms with Gasteiger partial charge >= 0.3 is 0 Å². The molecule has 0 atom stereocenters. The van der Waals surface area contributed by atoms with Crippen molar-refractivity contribution in [2.45, 2.75) is 0 Å². The minimum atomic E-state index is 0.560. The highest BCUT2D eigenvalue weighted by atomic mass is 32.9. The molecule has 0 radical (unpaired) electrons. The Hall–Kier alpha value is -0.480. The van der Waals surface area contributed by atoms with Gasteiger partial charge in [0.2, 0.25) is 0 Å². The van der Waals surface area contributed by atoms with Crippen molar-refractivity contribution in [2.75, 3.05) is 0 Å². The molecule has 0 N–H and O–H groups in total. The first-order valence-electron chi connectivity index (χ1n) is 1.87. The largest absolute Gasteiger partial charge is 0.297 e. The van der Waals surface area contributed by atoms with Gasteiger partial charge in [-0.15, -0.1) is 0 Å². The minimum Gasteiger partial charge on any atom is -0.297 e. The van der Waals surface area contributed by atoms with Crippen LogP contribution in [0.25, 0.3) is 0 Å². The number of hydrogen-bond acceptors (Lipinski definition) is 4. The summed E-state index contributed by atoms with van der Waals surface area (Å²) >= 11 is 0. The van der Waals surface area contributed by atoms with Crippen LogP contribution < -0.4 is 0 Å². The predicted octanol–water partition coefficient (Wildman–Crippen LogP) is 1.43. The first kappa shape index (κ1) is 5.65. The number of carbonyl (C=O) groups excluding carboxylic acids is 2. The van der Waals surface area contributed by atoms with Gasteiger partial charge in [0.1, 0.15) is 0 Å². The van der Waals surface area contributed by atoms with Gasteiger partial charge in [0.15, 0.2) is 12.6 Å². The second kappa shape index (κ2) is 2.19. The lowest BCUT2D eigenvalue weighted by atomic mass is 10.5. The molecular weight excluding hydrogens is 144 g/mol. The van der Waals surface area contributed by atoms with Crippen molar-refractivity contribution >= 4 is 33.3 Å². The van der Waals surface area contributed by atoms with E-state index >= 15 is 0 Å². The topological polar surface area (TPSA) is 34.1 Å². The molecule has 0 amide bonds. The Kier molecular flexibility index (Phi) is 1.55. The van der Waals surface area contributed by atoms with Gasteiger partial charge in [-0.05, 0) is 0 Å². The highest BCUT2D eigenvalue weighted by Gasteiger charge is 2.04. The molecule has 1 heterocycles.